The molecule has 0 unspecified atom stereocenters. The van der Waals surface area contributed by atoms with Gasteiger partial charge in [0.15, 0.2) is 0 Å². The van der Waals surface area contributed by atoms with E-state index in [1.165, 1.54) is 51.4 Å². The van der Waals surface area contributed by atoms with Crippen molar-refractivity contribution >= 4 is 0 Å². The lowest BCUT2D eigenvalue weighted by molar-refractivity contribution is 0.0222. The Labute approximate surface area is 131 Å². The summed E-state index contributed by atoms with van der Waals surface area (Å²) >= 11 is 0. The molecule has 0 aromatic carbocycles. The number of hydrogen-bond donors (Lipinski definition) is 2. The Hall–Kier alpha value is -0.420. The van der Waals surface area contributed by atoms with Crippen LogP contribution in [0.3, 0.4) is 0 Å². The third kappa shape index (κ3) is 28.5. The molecule has 0 aromatic rings. The molecule has 0 saturated heterocycles. The lowest BCUT2D eigenvalue weighted by Crippen LogP contribution is -2.09. The zero-order valence-corrected chi connectivity index (χ0v) is 13.9. The van der Waals surface area contributed by atoms with E-state index in [2.05, 4.69) is 13.5 Å². The first kappa shape index (κ1) is 22.9. The van der Waals surface area contributed by atoms with Gasteiger partial charge >= 0.3 is 0 Å². The summed E-state index contributed by atoms with van der Waals surface area (Å²) in [4.78, 5) is 0. The average molecular weight is 304 g/mol. The third-order valence-electron chi connectivity index (χ3n) is 2.86. The predicted molar refractivity (Wildman–Crippen MR) is 88.6 cm³/mol. The van der Waals surface area contributed by atoms with E-state index >= 15 is 0 Å². The lowest BCUT2D eigenvalue weighted by Gasteiger charge is -2.01. The highest BCUT2D eigenvalue weighted by Crippen LogP contribution is 2.07. The largest absolute Gasteiger partial charge is 0.394 e. The van der Waals surface area contributed by atoms with Crippen LogP contribution in [0, 0.1) is 0 Å². The molecule has 0 spiro atoms. The molecule has 4 nitrogen and oxygen atoms in total. The Morgan fingerprint density at radius 1 is 0.762 bits per heavy atom. The Morgan fingerprint density at radius 3 is 1.67 bits per heavy atom. The van der Waals surface area contributed by atoms with Crippen LogP contribution >= 0.6 is 0 Å². The first-order valence-electron chi connectivity index (χ1n) is 8.31. The molecule has 0 radical (unpaired) electrons. The zero-order chi connectivity index (χ0) is 16.0. The van der Waals surface area contributed by atoms with Crippen molar-refractivity contribution in [3.63, 3.8) is 0 Å². The van der Waals surface area contributed by atoms with Gasteiger partial charge in [-0.2, -0.15) is 0 Å². The minimum absolute atomic E-state index is 0.0417. The van der Waals surface area contributed by atoms with Crippen molar-refractivity contribution in [1.29, 1.82) is 0 Å². The molecule has 0 aromatic heterocycles. The third-order valence-corrected chi connectivity index (χ3v) is 2.86. The van der Waals surface area contributed by atoms with Crippen molar-refractivity contribution in [2.45, 2.75) is 58.3 Å². The molecule has 0 aliphatic heterocycles. The minimum Gasteiger partial charge on any atom is -0.394 e. The number of unbranched alkanes of at least 4 members (excludes halogenated alkanes) is 7. The van der Waals surface area contributed by atoms with Crippen molar-refractivity contribution in [2.75, 3.05) is 39.6 Å². The van der Waals surface area contributed by atoms with Gasteiger partial charge in [-0.15, -0.1) is 6.58 Å². The van der Waals surface area contributed by atoms with Gasteiger partial charge in [-0.1, -0.05) is 51.5 Å². The molecular weight excluding hydrogens is 268 g/mol. The maximum Gasteiger partial charge on any atom is 0.0701 e. The summed E-state index contributed by atoms with van der Waals surface area (Å²) in [5.74, 6) is 0. The van der Waals surface area contributed by atoms with Crippen LogP contribution in [0.4, 0.5) is 0 Å². The molecule has 21 heavy (non-hydrogen) atoms. The number of allylic oxidation sites excluding steroid dienone is 1. The van der Waals surface area contributed by atoms with Gasteiger partial charge in [0.2, 0.25) is 0 Å². The molecule has 4 heteroatoms. The second kappa shape index (κ2) is 24.6. The molecule has 0 fully saturated rings. The van der Waals surface area contributed by atoms with E-state index in [0.717, 1.165) is 0 Å². The van der Waals surface area contributed by atoms with Gasteiger partial charge in [-0.25, -0.2) is 0 Å². The molecule has 0 heterocycles. The fourth-order valence-electron chi connectivity index (χ4n) is 1.70. The van der Waals surface area contributed by atoms with Crippen LogP contribution in [0.5, 0.6) is 0 Å². The highest BCUT2D eigenvalue weighted by Gasteiger charge is 1.88. The monoisotopic (exact) mass is 304 g/mol. The van der Waals surface area contributed by atoms with Gasteiger partial charge in [0, 0.05) is 0 Å². The summed E-state index contributed by atoms with van der Waals surface area (Å²) in [6.07, 6.45) is 13.0. The molecule has 0 amide bonds. The molecule has 0 bridgehead atoms. The summed E-state index contributed by atoms with van der Waals surface area (Å²) < 4.78 is 9.75. The normalized spacial score (nSPS) is 10.0. The van der Waals surface area contributed by atoms with E-state index in [9.17, 15) is 0 Å². The molecular formula is C17H36O4. The van der Waals surface area contributed by atoms with Crippen LogP contribution in [0.15, 0.2) is 12.7 Å². The maximum absolute atomic E-state index is 8.26. The van der Waals surface area contributed by atoms with E-state index in [1.54, 1.807) is 0 Å². The van der Waals surface area contributed by atoms with Crippen LogP contribution in [0.2, 0.25) is 0 Å². The number of hydrogen-bond acceptors (Lipinski definition) is 4. The van der Waals surface area contributed by atoms with E-state index in [4.69, 9.17) is 19.7 Å². The summed E-state index contributed by atoms with van der Waals surface area (Å²) in [5.41, 5.74) is 0. The molecule has 0 aliphatic rings. The summed E-state index contributed by atoms with van der Waals surface area (Å²) in [6.45, 7) is 7.70. The number of aliphatic hydroxyl groups excluding tert-OH is 2. The fraction of sp³-hybridized carbons (Fsp3) is 0.882. The highest BCUT2D eigenvalue weighted by molar-refractivity contribution is 4.65. The molecule has 0 aliphatic carbocycles. The van der Waals surface area contributed by atoms with Crippen LogP contribution < -0.4 is 0 Å². The molecule has 0 atom stereocenters. The first-order valence-corrected chi connectivity index (χ1v) is 8.31. The van der Waals surface area contributed by atoms with Crippen LogP contribution in [0.1, 0.15) is 58.3 Å². The smallest absolute Gasteiger partial charge is 0.0701 e. The van der Waals surface area contributed by atoms with E-state index < -0.39 is 0 Å². The van der Waals surface area contributed by atoms with Crippen LogP contribution in [-0.4, -0.2) is 49.9 Å². The van der Waals surface area contributed by atoms with Gasteiger partial charge in [-0.05, 0) is 12.8 Å². The average Bonchev–Trinajstić information content (AvgIpc) is 2.51. The van der Waals surface area contributed by atoms with Gasteiger partial charge in [-0.3, -0.25) is 0 Å². The van der Waals surface area contributed by atoms with Gasteiger partial charge in [0.05, 0.1) is 39.6 Å². The van der Waals surface area contributed by atoms with E-state index in [1.807, 2.05) is 6.08 Å². The Morgan fingerprint density at radius 2 is 1.24 bits per heavy atom. The van der Waals surface area contributed by atoms with Crippen molar-refractivity contribution in [2.24, 2.45) is 0 Å². The molecule has 0 rings (SSSR count). The van der Waals surface area contributed by atoms with E-state index in [-0.39, 0.29) is 13.2 Å². The van der Waals surface area contributed by atoms with Gasteiger partial charge in [0.1, 0.15) is 0 Å². The number of aliphatic hydroxyl groups is 2. The van der Waals surface area contributed by atoms with Crippen LogP contribution in [-0.2, 0) is 9.47 Å². The SMILES string of the molecule is C=CCCCCCCCCC.OCCOCCOCCO. The van der Waals surface area contributed by atoms with Crippen LogP contribution in [0.25, 0.3) is 0 Å². The Bertz CT molecular complexity index is 166. The minimum atomic E-state index is 0.0417. The second-order valence-corrected chi connectivity index (χ2v) is 4.87. The quantitative estimate of drug-likeness (QED) is 0.360. The second-order valence-electron chi connectivity index (χ2n) is 4.87. The Kier molecular flexibility index (Phi) is 26.8. The lowest BCUT2D eigenvalue weighted by atomic mass is 10.1. The summed E-state index contributed by atoms with van der Waals surface area (Å²) in [5, 5.41) is 16.5. The zero-order valence-electron chi connectivity index (χ0n) is 13.9. The van der Waals surface area contributed by atoms with Crippen molar-refractivity contribution in [1.82, 2.24) is 0 Å². The van der Waals surface area contributed by atoms with Crippen molar-refractivity contribution < 1.29 is 19.7 Å². The topological polar surface area (TPSA) is 58.9 Å². The number of rotatable bonds is 15. The standard InChI is InChI=1S/C11H22.C6H14O4/c1-3-5-7-9-11-10-8-6-4-2;7-1-3-9-5-6-10-4-2-8/h3H,1,4-11H2,2H3;7-8H,1-6H2. The van der Waals surface area contributed by atoms with Gasteiger partial charge < -0.3 is 19.7 Å². The maximum atomic E-state index is 8.26. The van der Waals surface area contributed by atoms with Crippen molar-refractivity contribution in [3.05, 3.63) is 12.7 Å². The number of ether oxygens (including phenoxy) is 2. The van der Waals surface area contributed by atoms with Crippen molar-refractivity contribution in [3.8, 4) is 0 Å². The van der Waals surface area contributed by atoms with E-state index in [0.29, 0.717) is 26.4 Å². The first-order chi connectivity index (χ1) is 10.3. The molecule has 128 valence electrons. The summed E-state index contributed by atoms with van der Waals surface area (Å²) in [7, 11) is 0. The Balaban J connectivity index is 0. The fourth-order valence-corrected chi connectivity index (χ4v) is 1.70. The molecule has 0 saturated carbocycles. The molecule has 2 N–H and O–H groups in total. The predicted octanol–water partition coefficient (Wildman–Crippen LogP) is 3.32. The summed E-state index contributed by atoms with van der Waals surface area (Å²) in [6, 6.07) is 0. The highest BCUT2D eigenvalue weighted by atomic mass is 16.5. The van der Waals surface area contributed by atoms with Gasteiger partial charge in [0.25, 0.3) is 0 Å².